The Bertz CT molecular complexity index is 602. The zero-order chi connectivity index (χ0) is 14.7. The third kappa shape index (κ3) is 3.56. The van der Waals surface area contributed by atoms with Crippen molar-refractivity contribution in [2.45, 2.75) is 26.3 Å². The Balaban J connectivity index is 2.02. The minimum atomic E-state index is -0.197. The van der Waals surface area contributed by atoms with Crippen molar-refractivity contribution in [3.63, 3.8) is 0 Å². The summed E-state index contributed by atoms with van der Waals surface area (Å²) in [5.74, 6) is 1.39. The van der Waals surface area contributed by atoms with Gasteiger partial charge in [-0.2, -0.15) is 0 Å². The molecular weight excluding hydrogens is 297 g/mol. The maximum Gasteiger partial charge on any atom is 0.225 e. The normalized spacial score (nSPS) is 12.2. The van der Waals surface area contributed by atoms with Crippen molar-refractivity contribution in [1.82, 2.24) is 5.32 Å². The van der Waals surface area contributed by atoms with Crippen molar-refractivity contribution in [3.05, 3.63) is 57.5 Å². The predicted octanol–water partition coefficient (Wildman–Crippen LogP) is 4.31. The molecule has 1 aromatic carbocycles. The Morgan fingerprint density at radius 2 is 1.90 bits per heavy atom. The van der Waals surface area contributed by atoms with Crippen LogP contribution in [0.4, 0.5) is 0 Å². The van der Waals surface area contributed by atoms with Gasteiger partial charge in [-0.15, -0.1) is 0 Å². The van der Waals surface area contributed by atoms with E-state index in [2.05, 4.69) is 5.32 Å². The van der Waals surface area contributed by atoms with Gasteiger partial charge in [0.1, 0.15) is 11.5 Å². The Morgan fingerprint density at radius 3 is 2.45 bits per heavy atom. The first-order valence-electron chi connectivity index (χ1n) is 6.26. The number of hydrogen-bond donors (Lipinski definition) is 1. The summed E-state index contributed by atoms with van der Waals surface area (Å²) in [6.07, 6.45) is 0.141. The number of nitrogens with one attached hydrogen (secondary N) is 1. The van der Waals surface area contributed by atoms with Gasteiger partial charge < -0.3 is 9.73 Å². The number of hydrogen-bond acceptors (Lipinski definition) is 2. The van der Waals surface area contributed by atoms with E-state index in [0.29, 0.717) is 15.6 Å². The summed E-state index contributed by atoms with van der Waals surface area (Å²) in [6.45, 7) is 3.73. The molecule has 0 saturated heterocycles. The van der Waals surface area contributed by atoms with Gasteiger partial charge in [-0.3, -0.25) is 4.79 Å². The summed E-state index contributed by atoms with van der Waals surface area (Å²) < 4.78 is 5.48. The molecule has 1 atom stereocenters. The molecule has 0 saturated carbocycles. The minimum Gasteiger partial charge on any atom is -0.464 e. The van der Waals surface area contributed by atoms with Crippen molar-refractivity contribution in [1.29, 1.82) is 0 Å². The number of furan rings is 1. The summed E-state index contributed by atoms with van der Waals surface area (Å²) in [4.78, 5) is 12.0. The Morgan fingerprint density at radius 1 is 1.25 bits per heavy atom. The van der Waals surface area contributed by atoms with E-state index in [1.807, 2.05) is 26.0 Å². The Hall–Kier alpha value is -1.45. The highest BCUT2D eigenvalue weighted by molar-refractivity contribution is 6.36. The number of carbonyl (C=O) groups is 1. The molecule has 1 aromatic heterocycles. The van der Waals surface area contributed by atoms with E-state index in [0.717, 1.165) is 11.5 Å². The van der Waals surface area contributed by atoms with Crippen LogP contribution in [0.25, 0.3) is 0 Å². The van der Waals surface area contributed by atoms with Crippen LogP contribution >= 0.6 is 23.2 Å². The molecule has 20 heavy (non-hydrogen) atoms. The SMILES string of the molecule is Cc1ccc(C(C)NC(=O)Cc2c(Cl)cccc2Cl)o1. The van der Waals surface area contributed by atoms with E-state index in [4.69, 9.17) is 27.6 Å². The van der Waals surface area contributed by atoms with Crippen molar-refractivity contribution in [2.24, 2.45) is 0 Å². The zero-order valence-corrected chi connectivity index (χ0v) is 12.8. The van der Waals surface area contributed by atoms with Gasteiger partial charge in [0.05, 0.1) is 12.5 Å². The highest BCUT2D eigenvalue weighted by atomic mass is 35.5. The maximum absolute atomic E-state index is 12.0. The molecule has 1 amide bonds. The lowest BCUT2D eigenvalue weighted by molar-refractivity contribution is -0.121. The third-order valence-electron chi connectivity index (χ3n) is 2.96. The fourth-order valence-electron chi connectivity index (χ4n) is 1.91. The first-order chi connectivity index (χ1) is 9.47. The highest BCUT2D eigenvalue weighted by Gasteiger charge is 2.15. The molecule has 0 bridgehead atoms. The number of amides is 1. The topological polar surface area (TPSA) is 42.2 Å². The van der Waals surface area contributed by atoms with E-state index in [-0.39, 0.29) is 18.4 Å². The fourth-order valence-corrected chi connectivity index (χ4v) is 2.44. The summed E-state index contributed by atoms with van der Waals surface area (Å²) >= 11 is 12.1. The Kier molecular flexibility index (Phi) is 4.73. The van der Waals surface area contributed by atoms with Crippen molar-refractivity contribution < 1.29 is 9.21 Å². The first-order valence-corrected chi connectivity index (χ1v) is 7.01. The van der Waals surface area contributed by atoms with Crippen LogP contribution in [0.1, 0.15) is 30.0 Å². The van der Waals surface area contributed by atoms with Crippen molar-refractivity contribution in [2.75, 3.05) is 0 Å². The van der Waals surface area contributed by atoms with Crippen LogP contribution in [0, 0.1) is 6.92 Å². The highest BCUT2D eigenvalue weighted by Crippen LogP contribution is 2.25. The fraction of sp³-hybridized carbons (Fsp3) is 0.267. The molecule has 2 rings (SSSR count). The smallest absolute Gasteiger partial charge is 0.225 e. The summed E-state index contributed by atoms with van der Waals surface area (Å²) in [6, 6.07) is 8.70. The van der Waals surface area contributed by atoms with Crippen LogP contribution in [0.2, 0.25) is 10.0 Å². The number of carbonyl (C=O) groups excluding carboxylic acids is 1. The number of benzene rings is 1. The van der Waals surface area contributed by atoms with Crippen LogP contribution < -0.4 is 5.32 Å². The second-order valence-corrected chi connectivity index (χ2v) is 5.43. The number of halogens is 2. The summed E-state index contributed by atoms with van der Waals surface area (Å²) in [5, 5.41) is 3.85. The van der Waals surface area contributed by atoms with Gasteiger partial charge in [-0.1, -0.05) is 29.3 Å². The van der Waals surface area contributed by atoms with Gasteiger partial charge in [0.15, 0.2) is 0 Å². The summed E-state index contributed by atoms with van der Waals surface area (Å²) in [5.41, 5.74) is 0.635. The van der Waals surface area contributed by atoms with Crippen LogP contribution in [0.3, 0.4) is 0 Å². The van der Waals surface area contributed by atoms with Gasteiger partial charge in [-0.25, -0.2) is 0 Å². The first kappa shape index (κ1) is 14.9. The lowest BCUT2D eigenvalue weighted by atomic mass is 10.1. The van der Waals surface area contributed by atoms with Crippen LogP contribution in [-0.2, 0) is 11.2 Å². The van der Waals surface area contributed by atoms with Crippen LogP contribution in [0.5, 0.6) is 0 Å². The third-order valence-corrected chi connectivity index (χ3v) is 3.67. The number of aryl methyl sites for hydroxylation is 1. The Labute approximate surface area is 127 Å². The molecule has 0 aliphatic heterocycles. The van der Waals surface area contributed by atoms with E-state index >= 15 is 0 Å². The second kappa shape index (κ2) is 6.33. The molecule has 0 spiro atoms. The molecular formula is C15H15Cl2NO2. The molecule has 0 aliphatic carbocycles. The van der Waals surface area contributed by atoms with Gasteiger partial charge in [0, 0.05) is 10.0 Å². The maximum atomic E-state index is 12.0. The largest absolute Gasteiger partial charge is 0.464 e. The molecule has 2 aromatic rings. The van der Waals surface area contributed by atoms with Gasteiger partial charge in [0.25, 0.3) is 0 Å². The van der Waals surface area contributed by atoms with E-state index in [1.54, 1.807) is 18.2 Å². The second-order valence-electron chi connectivity index (χ2n) is 4.61. The van der Waals surface area contributed by atoms with Gasteiger partial charge >= 0.3 is 0 Å². The van der Waals surface area contributed by atoms with E-state index in [1.165, 1.54) is 0 Å². The standard InChI is InChI=1S/C15H15Cl2NO2/c1-9-6-7-14(20-9)10(2)18-15(19)8-11-12(16)4-3-5-13(11)17/h3-7,10H,8H2,1-2H3,(H,18,19). The van der Waals surface area contributed by atoms with E-state index < -0.39 is 0 Å². The monoisotopic (exact) mass is 311 g/mol. The molecule has 1 heterocycles. The summed E-state index contributed by atoms with van der Waals surface area (Å²) in [7, 11) is 0. The number of rotatable bonds is 4. The van der Waals surface area contributed by atoms with Crippen molar-refractivity contribution in [3.8, 4) is 0 Å². The van der Waals surface area contributed by atoms with Crippen LogP contribution in [-0.4, -0.2) is 5.91 Å². The molecule has 5 heteroatoms. The molecule has 1 N–H and O–H groups in total. The molecule has 0 aliphatic rings. The quantitative estimate of drug-likeness (QED) is 0.914. The lowest BCUT2D eigenvalue weighted by Gasteiger charge is -2.12. The molecule has 1 unspecified atom stereocenters. The average molecular weight is 312 g/mol. The van der Waals surface area contributed by atoms with Crippen molar-refractivity contribution >= 4 is 29.1 Å². The molecule has 3 nitrogen and oxygen atoms in total. The molecule has 0 fully saturated rings. The van der Waals surface area contributed by atoms with Gasteiger partial charge in [-0.05, 0) is 43.7 Å². The van der Waals surface area contributed by atoms with E-state index in [9.17, 15) is 4.79 Å². The lowest BCUT2D eigenvalue weighted by Crippen LogP contribution is -2.28. The zero-order valence-electron chi connectivity index (χ0n) is 11.2. The van der Waals surface area contributed by atoms with Gasteiger partial charge in [0.2, 0.25) is 5.91 Å². The predicted molar refractivity (Wildman–Crippen MR) is 80.2 cm³/mol. The molecule has 0 radical (unpaired) electrons. The minimum absolute atomic E-state index is 0.141. The van der Waals surface area contributed by atoms with Crippen LogP contribution in [0.15, 0.2) is 34.7 Å². The average Bonchev–Trinajstić information content (AvgIpc) is 2.81. The molecule has 106 valence electrons.